The largest absolute Gasteiger partial charge is 0.508 e. The molecule has 0 unspecified atom stereocenters. The fraction of sp³-hybridized carbons (Fsp3) is 0.632. The van der Waals surface area contributed by atoms with Gasteiger partial charge in [0.25, 0.3) is 0 Å². The zero-order chi connectivity index (χ0) is 17.2. The highest BCUT2D eigenvalue weighted by Crippen LogP contribution is 2.60. The molecule has 2 aliphatic rings. The van der Waals surface area contributed by atoms with Crippen molar-refractivity contribution < 1.29 is 15.1 Å². The van der Waals surface area contributed by atoms with Crippen molar-refractivity contribution in [1.29, 1.82) is 0 Å². The van der Waals surface area contributed by atoms with E-state index in [2.05, 4.69) is 12.1 Å². The van der Waals surface area contributed by atoms with Gasteiger partial charge in [0.1, 0.15) is 12.4 Å². The first-order valence-electron chi connectivity index (χ1n) is 8.85. The Morgan fingerprint density at radius 2 is 2.21 bits per heavy atom. The second kappa shape index (κ2) is 6.73. The summed E-state index contributed by atoms with van der Waals surface area (Å²) in [6.45, 7) is 3.05. The number of phenolic OH excluding ortho intramolecular Hbond substituents is 1. The summed E-state index contributed by atoms with van der Waals surface area (Å²) in [4.78, 5) is 5.14. The standard InChI is InChI=1S/C19H28N2O3/c1-18-7-5-15(14-3-2-4-17(22)11-14)12-19(18,23)8-6-16(18)13-21-24-10-9-20/h2-4,11,13,15-16,22-23H,5-10,12,20H2,1H3/t15-,16+,18+,19-/m0/s1. The van der Waals surface area contributed by atoms with Crippen LogP contribution in [0.2, 0.25) is 0 Å². The molecular formula is C19H28N2O3. The summed E-state index contributed by atoms with van der Waals surface area (Å²) in [5.41, 5.74) is 5.66. The summed E-state index contributed by atoms with van der Waals surface area (Å²) in [6, 6.07) is 7.44. The number of aromatic hydroxyl groups is 1. The van der Waals surface area contributed by atoms with E-state index in [0.29, 0.717) is 24.8 Å². The van der Waals surface area contributed by atoms with Crippen molar-refractivity contribution in [3.8, 4) is 5.75 Å². The van der Waals surface area contributed by atoms with E-state index in [1.807, 2.05) is 24.4 Å². The Hall–Kier alpha value is -1.59. The molecule has 0 saturated heterocycles. The first kappa shape index (κ1) is 17.2. The minimum atomic E-state index is -0.689. The number of oxime groups is 1. The van der Waals surface area contributed by atoms with Crippen LogP contribution in [-0.2, 0) is 4.84 Å². The van der Waals surface area contributed by atoms with Gasteiger partial charge in [0.2, 0.25) is 0 Å². The Morgan fingerprint density at radius 3 is 2.96 bits per heavy atom. The van der Waals surface area contributed by atoms with Gasteiger partial charge < -0.3 is 20.8 Å². The molecule has 1 aromatic rings. The Kier molecular flexibility index (Phi) is 4.83. The van der Waals surface area contributed by atoms with Gasteiger partial charge in [-0.15, -0.1) is 0 Å². The number of phenols is 1. The van der Waals surface area contributed by atoms with Gasteiger partial charge in [-0.3, -0.25) is 0 Å². The first-order chi connectivity index (χ1) is 11.5. The van der Waals surface area contributed by atoms with Crippen molar-refractivity contribution in [3.63, 3.8) is 0 Å². The molecule has 0 aromatic heterocycles. The van der Waals surface area contributed by atoms with Gasteiger partial charge in [-0.2, -0.15) is 0 Å². The molecule has 1 aromatic carbocycles. The molecule has 5 heteroatoms. The van der Waals surface area contributed by atoms with E-state index in [1.54, 1.807) is 6.07 Å². The molecule has 3 rings (SSSR count). The van der Waals surface area contributed by atoms with Crippen molar-refractivity contribution >= 4 is 6.21 Å². The topological polar surface area (TPSA) is 88.1 Å². The molecule has 5 nitrogen and oxygen atoms in total. The molecule has 0 bridgehead atoms. The lowest BCUT2D eigenvalue weighted by atomic mass is 9.59. The molecule has 4 N–H and O–H groups in total. The van der Waals surface area contributed by atoms with Crippen LogP contribution in [0.5, 0.6) is 5.75 Å². The van der Waals surface area contributed by atoms with Crippen LogP contribution < -0.4 is 5.73 Å². The van der Waals surface area contributed by atoms with Crippen molar-refractivity contribution in [2.75, 3.05) is 13.2 Å². The van der Waals surface area contributed by atoms with Crippen molar-refractivity contribution in [1.82, 2.24) is 0 Å². The molecule has 132 valence electrons. The number of aliphatic hydroxyl groups is 1. The van der Waals surface area contributed by atoms with E-state index in [0.717, 1.165) is 37.7 Å². The van der Waals surface area contributed by atoms with Gasteiger partial charge >= 0.3 is 0 Å². The fourth-order valence-electron chi connectivity index (χ4n) is 4.60. The average Bonchev–Trinajstić information content (AvgIpc) is 2.82. The maximum Gasteiger partial charge on any atom is 0.129 e. The normalized spacial score (nSPS) is 36.0. The predicted molar refractivity (Wildman–Crippen MR) is 94.0 cm³/mol. The van der Waals surface area contributed by atoms with Crippen molar-refractivity contribution in [2.24, 2.45) is 22.2 Å². The van der Waals surface area contributed by atoms with Crippen LogP contribution >= 0.6 is 0 Å². The maximum atomic E-state index is 11.4. The Labute approximate surface area is 143 Å². The molecular weight excluding hydrogens is 304 g/mol. The van der Waals surface area contributed by atoms with Crippen LogP contribution in [0.15, 0.2) is 29.4 Å². The van der Waals surface area contributed by atoms with Gasteiger partial charge in [0.15, 0.2) is 0 Å². The Morgan fingerprint density at radius 1 is 1.38 bits per heavy atom. The molecule has 24 heavy (non-hydrogen) atoms. The van der Waals surface area contributed by atoms with Crippen LogP contribution in [0.1, 0.15) is 50.5 Å². The van der Waals surface area contributed by atoms with Gasteiger partial charge in [-0.05, 0) is 55.7 Å². The molecule has 2 aliphatic carbocycles. The summed E-state index contributed by atoms with van der Waals surface area (Å²) in [7, 11) is 0. The number of hydrogen-bond donors (Lipinski definition) is 3. The van der Waals surface area contributed by atoms with Crippen LogP contribution in [0, 0.1) is 11.3 Å². The summed E-state index contributed by atoms with van der Waals surface area (Å²) in [6.07, 6.45) is 6.26. The van der Waals surface area contributed by atoms with Crippen LogP contribution in [0.4, 0.5) is 0 Å². The average molecular weight is 332 g/mol. The van der Waals surface area contributed by atoms with E-state index in [4.69, 9.17) is 10.6 Å². The van der Waals surface area contributed by atoms with E-state index < -0.39 is 5.60 Å². The lowest BCUT2D eigenvalue weighted by Gasteiger charge is -2.48. The highest BCUT2D eigenvalue weighted by molar-refractivity contribution is 5.62. The molecule has 2 saturated carbocycles. The summed E-state index contributed by atoms with van der Waals surface area (Å²) in [5, 5.41) is 25.1. The monoisotopic (exact) mass is 332 g/mol. The van der Waals surface area contributed by atoms with Crippen molar-refractivity contribution in [2.45, 2.75) is 50.5 Å². The molecule has 0 amide bonds. The van der Waals surface area contributed by atoms with E-state index >= 15 is 0 Å². The van der Waals surface area contributed by atoms with Gasteiger partial charge in [0, 0.05) is 24.1 Å². The highest BCUT2D eigenvalue weighted by atomic mass is 16.6. The zero-order valence-corrected chi connectivity index (χ0v) is 14.3. The minimum absolute atomic E-state index is 0.171. The molecule has 0 aliphatic heterocycles. The van der Waals surface area contributed by atoms with Crippen LogP contribution in [-0.4, -0.2) is 35.2 Å². The van der Waals surface area contributed by atoms with Gasteiger partial charge in [-0.25, -0.2) is 0 Å². The molecule has 0 heterocycles. The predicted octanol–water partition coefficient (Wildman–Crippen LogP) is 2.77. The molecule has 0 radical (unpaired) electrons. The number of benzene rings is 1. The zero-order valence-electron chi connectivity index (χ0n) is 14.3. The van der Waals surface area contributed by atoms with Gasteiger partial charge in [0.05, 0.1) is 5.60 Å². The Bertz CT molecular complexity index is 606. The molecule has 2 fully saturated rings. The summed E-state index contributed by atoms with van der Waals surface area (Å²) >= 11 is 0. The third-order valence-electron chi connectivity index (χ3n) is 6.21. The minimum Gasteiger partial charge on any atom is -0.508 e. The van der Waals surface area contributed by atoms with Crippen molar-refractivity contribution in [3.05, 3.63) is 29.8 Å². The number of nitrogens with two attached hydrogens (primary N) is 1. The fourth-order valence-corrected chi connectivity index (χ4v) is 4.60. The number of hydrogen-bond acceptors (Lipinski definition) is 5. The summed E-state index contributed by atoms with van der Waals surface area (Å²) < 4.78 is 0. The SMILES string of the molecule is C[C@]12CC[C@H](c3cccc(O)c3)C[C@@]1(O)CC[C@@H]2C=NOCCN. The number of fused-ring (bicyclic) bond motifs is 1. The second-order valence-corrected chi connectivity index (χ2v) is 7.51. The first-order valence-corrected chi connectivity index (χ1v) is 8.85. The smallest absolute Gasteiger partial charge is 0.129 e. The van der Waals surface area contributed by atoms with E-state index in [9.17, 15) is 10.2 Å². The summed E-state index contributed by atoms with van der Waals surface area (Å²) in [5.74, 6) is 0.811. The lowest BCUT2D eigenvalue weighted by molar-refractivity contribution is -0.0959. The number of nitrogens with zero attached hydrogens (tertiary/aromatic N) is 1. The van der Waals surface area contributed by atoms with Gasteiger partial charge in [-0.1, -0.05) is 24.2 Å². The van der Waals surface area contributed by atoms with Crippen LogP contribution in [0.25, 0.3) is 0 Å². The third kappa shape index (κ3) is 3.03. The Balaban J connectivity index is 1.73. The van der Waals surface area contributed by atoms with Crippen LogP contribution in [0.3, 0.4) is 0 Å². The highest BCUT2D eigenvalue weighted by Gasteiger charge is 2.58. The quantitative estimate of drug-likeness (QED) is 0.439. The lowest BCUT2D eigenvalue weighted by Crippen LogP contribution is -2.49. The second-order valence-electron chi connectivity index (χ2n) is 7.51. The molecule has 4 atom stereocenters. The van der Waals surface area contributed by atoms with E-state index in [1.165, 1.54) is 0 Å². The number of rotatable bonds is 5. The molecule has 0 spiro atoms. The van der Waals surface area contributed by atoms with E-state index in [-0.39, 0.29) is 11.3 Å². The maximum absolute atomic E-state index is 11.4. The third-order valence-corrected chi connectivity index (χ3v) is 6.21.